The average Bonchev–Trinajstić information content (AvgIpc) is 3.08. The Labute approximate surface area is 142 Å². The number of ether oxygens (including phenoxy) is 1. The van der Waals surface area contributed by atoms with Gasteiger partial charge < -0.3 is 15.4 Å². The molecule has 1 aromatic carbocycles. The van der Waals surface area contributed by atoms with Crippen LogP contribution in [0.1, 0.15) is 37.7 Å². The molecule has 0 bridgehead atoms. The van der Waals surface area contributed by atoms with Crippen molar-refractivity contribution in [3.8, 4) is 5.75 Å². The lowest BCUT2D eigenvalue weighted by molar-refractivity contribution is -0.121. The largest absolute Gasteiger partial charge is 0.490 e. The van der Waals surface area contributed by atoms with Crippen LogP contribution in [-0.2, 0) is 11.3 Å². The maximum Gasteiger partial charge on any atom is 0.221 e. The highest BCUT2D eigenvalue weighted by atomic mass is 32.2. The monoisotopic (exact) mass is 334 g/mol. The molecule has 0 aromatic heterocycles. The quantitative estimate of drug-likeness (QED) is 0.840. The standard InChI is InChI=1S/C18H26N2O2S/c21-18(11-15-13-23-10-9-19-15)20-12-14-5-1-4-8-17(14)22-16-6-2-3-7-16/h1,4-5,8,15-16,19H,2-3,6-7,9-13H2,(H,20,21). The predicted molar refractivity (Wildman–Crippen MR) is 94.9 cm³/mol. The fraction of sp³-hybridized carbons (Fsp3) is 0.611. The van der Waals surface area contributed by atoms with Gasteiger partial charge in [0.25, 0.3) is 0 Å². The topological polar surface area (TPSA) is 50.4 Å². The van der Waals surface area contributed by atoms with Crippen LogP contribution in [0.15, 0.2) is 24.3 Å². The summed E-state index contributed by atoms with van der Waals surface area (Å²) in [5, 5.41) is 6.44. The minimum Gasteiger partial charge on any atom is -0.490 e. The number of benzene rings is 1. The first-order valence-electron chi connectivity index (χ1n) is 8.63. The van der Waals surface area contributed by atoms with E-state index in [1.165, 1.54) is 12.8 Å². The molecule has 23 heavy (non-hydrogen) atoms. The van der Waals surface area contributed by atoms with Crippen molar-refractivity contribution in [2.24, 2.45) is 0 Å². The first kappa shape index (κ1) is 16.7. The number of rotatable bonds is 6. The molecular formula is C18H26N2O2S. The summed E-state index contributed by atoms with van der Waals surface area (Å²) in [7, 11) is 0. The number of nitrogens with one attached hydrogen (secondary N) is 2. The molecule has 1 aliphatic heterocycles. The maximum absolute atomic E-state index is 12.1. The van der Waals surface area contributed by atoms with Gasteiger partial charge in [-0.1, -0.05) is 18.2 Å². The molecule has 2 N–H and O–H groups in total. The van der Waals surface area contributed by atoms with E-state index in [-0.39, 0.29) is 5.91 Å². The highest BCUT2D eigenvalue weighted by Crippen LogP contribution is 2.26. The van der Waals surface area contributed by atoms with Crippen molar-refractivity contribution in [1.82, 2.24) is 10.6 Å². The summed E-state index contributed by atoms with van der Waals surface area (Å²) in [4.78, 5) is 12.1. The molecule has 1 saturated heterocycles. The van der Waals surface area contributed by atoms with Crippen molar-refractivity contribution < 1.29 is 9.53 Å². The predicted octanol–water partition coefficient (Wildman–Crippen LogP) is 2.72. The molecule has 126 valence electrons. The summed E-state index contributed by atoms with van der Waals surface area (Å²) in [5.74, 6) is 3.20. The van der Waals surface area contributed by atoms with Crippen LogP contribution in [-0.4, -0.2) is 36.1 Å². The zero-order chi connectivity index (χ0) is 15.9. The molecule has 1 atom stereocenters. The minimum absolute atomic E-state index is 0.112. The van der Waals surface area contributed by atoms with Crippen molar-refractivity contribution in [2.75, 3.05) is 18.1 Å². The third kappa shape index (κ3) is 5.15. The van der Waals surface area contributed by atoms with E-state index in [1.807, 2.05) is 36.0 Å². The van der Waals surface area contributed by atoms with Crippen LogP contribution < -0.4 is 15.4 Å². The van der Waals surface area contributed by atoms with Gasteiger partial charge in [-0.2, -0.15) is 11.8 Å². The van der Waals surface area contributed by atoms with Crippen LogP contribution in [0, 0.1) is 0 Å². The van der Waals surface area contributed by atoms with Crippen LogP contribution in [0.4, 0.5) is 0 Å². The molecule has 1 unspecified atom stereocenters. The van der Waals surface area contributed by atoms with Crippen LogP contribution in [0.2, 0.25) is 0 Å². The molecule has 1 aliphatic carbocycles. The minimum atomic E-state index is 0.112. The van der Waals surface area contributed by atoms with Crippen molar-refractivity contribution in [3.63, 3.8) is 0 Å². The lowest BCUT2D eigenvalue weighted by Crippen LogP contribution is -2.41. The van der Waals surface area contributed by atoms with Crippen LogP contribution >= 0.6 is 11.8 Å². The number of thioether (sulfide) groups is 1. The Kier molecular flexibility index (Phi) is 6.22. The van der Waals surface area contributed by atoms with E-state index in [9.17, 15) is 4.79 Å². The Morgan fingerprint density at radius 2 is 2.13 bits per heavy atom. The van der Waals surface area contributed by atoms with Crippen molar-refractivity contribution >= 4 is 17.7 Å². The van der Waals surface area contributed by atoms with Gasteiger partial charge in [0, 0.05) is 42.6 Å². The number of carbonyl (C=O) groups is 1. The van der Waals surface area contributed by atoms with Crippen molar-refractivity contribution in [3.05, 3.63) is 29.8 Å². The Morgan fingerprint density at radius 1 is 1.30 bits per heavy atom. The maximum atomic E-state index is 12.1. The SMILES string of the molecule is O=C(CC1CSCCN1)NCc1ccccc1OC1CCCC1. The molecule has 1 amide bonds. The molecule has 0 spiro atoms. The normalized spacial score (nSPS) is 22.0. The molecule has 1 heterocycles. The van der Waals surface area contributed by atoms with Crippen LogP contribution in [0.25, 0.3) is 0 Å². The summed E-state index contributed by atoms with van der Waals surface area (Å²) in [6.45, 7) is 1.54. The highest BCUT2D eigenvalue weighted by molar-refractivity contribution is 7.99. The summed E-state index contributed by atoms with van der Waals surface area (Å²) in [5.41, 5.74) is 1.07. The summed E-state index contributed by atoms with van der Waals surface area (Å²) in [6, 6.07) is 8.36. The van der Waals surface area contributed by atoms with E-state index in [2.05, 4.69) is 10.6 Å². The van der Waals surface area contributed by atoms with E-state index in [4.69, 9.17) is 4.74 Å². The lowest BCUT2D eigenvalue weighted by atomic mass is 10.1. The number of hydrogen-bond donors (Lipinski definition) is 2. The molecule has 0 radical (unpaired) electrons. The number of amides is 1. The van der Waals surface area contributed by atoms with Crippen molar-refractivity contribution in [1.29, 1.82) is 0 Å². The van der Waals surface area contributed by atoms with Gasteiger partial charge in [-0.25, -0.2) is 0 Å². The second-order valence-electron chi connectivity index (χ2n) is 6.34. The first-order chi connectivity index (χ1) is 11.3. The first-order valence-corrected chi connectivity index (χ1v) is 9.79. The van der Waals surface area contributed by atoms with Crippen molar-refractivity contribution in [2.45, 2.75) is 50.8 Å². The van der Waals surface area contributed by atoms with Gasteiger partial charge in [-0.3, -0.25) is 4.79 Å². The molecule has 1 saturated carbocycles. The van der Waals surface area contributed by atoms with Gasteiger partial charge in [0.15, 0.2) is 0 Å². The zero-order valence-corrected chi connectivity index (χ0v) is 14.4. The summed E-state index contributed by atoms with van der Waals surface area (Å²) >= 11 is 1.92. The summed E-state index contributed by atoms with van der Waals surface area (Å²) in [6.07, 6.45) is 5.71. The number of carbonyl (C=O) groups excluding carboxylic acids is 1. The smallest absolute Gasteiger partial charge is 0.221 e. The van der Waals surface area contributed by atoms with E-state index in [0.717, 1.165) is 42.2 Å². The van der Waals surface area contributed by atoms with E-state index >= 15 is 0 Å². The molecule has 1 aromatic rings. The van der Waals surface area contributed by atoms with E-state index < -0.39 is 0 Å². The molecule has 5 heteroatoms. The third-order valence-electron chi connectivity index (χ3n) is 4.47. The third-order valence-corrected chi connectivity index (χ3v) is 5.61. The zero-order valence-electron chi connectivity index (χ0n) is 13.6. The van der Waals surface area contributed by atoms with Crippen LogP contribution in [0.5, 0.6) is 5.75 Å². The molecule has 3 rings (SSSR count). The van der Waals surface area contributed by atoms with Gasteiger partial charge in [-0.05, 0) is 31.7 Å². The summed E-state index contributed by atoms with van der Waals surface area (Å²) < 4.78 is 6.12. The highest BCUT2D eigenvalue weighted by Gasteiger charge is 2.19. The number of para-hydroxylation sites is 1. The Hall–Kier alpha value is -1.20. The van der Waals surface area contributed by atoms with Gasteiger partial charge in [-0.15, -0.1) is 0 Å². The van der Waals surface area contributed by atoms with Gasteiger partial charge >= 0.3 is 0 Å². The average molecular weight is 334 g/mol. The Bertz CT molecular complexity index is 511. The number of hydrogen-bond acceptors (Lipinski definition) is 4. The molecule has 2 fully saturated rings. The Morgan fingerprint density at radius 3 is 2.91 bits per heavy atom. The van der Waals surface area contributed by atoms with Crippen LogP contribution in [0.3, 0.4) is 0 Å². The fourth-order valence-electron chi connectivity index (χ4n) is 3.19. The van der Waals surface area contributed by atoms with E-state index in [0.29, 0.717) is 25.1 Å². The second kappa shape index (κ2) is 8.60. The molecular weight excluding hydrogens is 308 g/mol. The van der Waals surface area contributed by atoms with Gasteiger partial charge in [0.1, 0.15) is 5.75 Å². The van der Waals surface area contributed by atoms with Gasteiger partial charge in [0.2, 0.25) is 5.91 Å². The molecule has 4 nitrogen and oxygen atoms in total. The van der Waals surface area contributed by atoms with Gasteiger partial charge in [0.05, 0.1) is 6.10 Å². The lowest BCUT2D eigenvalue weighted by Gasteiger charge is -2.22. The Balaban J connectivity index is 1.49. The van der Waals surface area contributed by atoms with E-state index in [1.54, 1.807) is 0 Å². The second-order valence-corrected chi connectivity index (χ2v) is 7.49. The molecule has 2 aliphatic rings. The fourth-order valence-corrected chi connectivity index (χ4v) is 4.14.